The lowest BCUT2D eigenvalue weighted by Gasteiger charge is -2.39. The van der Waals surface area contributed by atoms with Crippen LogP contribution in [-0.2, 0) is 28.5 Å². The first-order valence-corrected chi connectivity index (χ1v) is 14.3. The van der Waals surface area contributed by atoms with E-state index < -0.39 is 65.2 Å². The van der Waals surface area contributed by atoms with Crippen molar-refractivity contribution in [3.63, 3.8) is 0 Å². The van der Waals surface area contributed by atoms with Crippen molar-refractivity contribution in [1.29, 1.82) is 0 Å². The highest BCUT2D eigenvalue weighted by molar-refractivity contribution is 5.96. The molecule has 246 valence electrons. The van der Waals surface area contributed by atoms with Crippen LogP contribution in [-0.4, -0.2) is 129 Å². The van der Waals surface area contributed by atoms with E-state index in [4.69, 9.17) is 14.2 Å². The summed E-state index contributed by atoms with van der Waals surface area (Å²) in [7, 11) is 0. The van der Waals surface area contributed by atoms with Gasteiger partial charge in [-0.3, -0.25) is 9.80 Å². The van der Waals surface area contributed by atoms with E-state index in [1.807, 2.05) is 13.8 Å². The molecule has 3 saturated heterocycles. The fraction of sp³-hybridized carbons (Fsp3) is 0.786. The van der Waals surface area contributed by atoms with Gasteiger partial charge in [0.2, 0.25) is 0 Å². The topological polar surface area (TPSA) is 173 Å². The first-order valence-electron chi connectivity index (χ1n) is 14.3. The Labute approximate surface area is 253 Å². The molecule has 0 saturated carbocycles. The monoisotopic (exact) mass is 616 g/mol. The number of nitrogens with zero attached hydrogens (tertiary/aromatic N) is 4. The molecule has 0 aromatic carbocycles. The van der Waals surface area contributed by atoms with Gasteiger partial charge in [-0.05, 0) is 62.3 Å². The molecule has 43 heavy (non-hydrogen) atoms. The molecule has 0 aliphatic carbocycles. The molecule has 0 radical (unpaired) electrons. The third-order valence-corrected chi connectivity index (χ3v) is 5.67. The highest BCUT2D eigenvalue weighted by Crippen LogP contribution is 2.21. The van der Waals surface area contributed by atoms with E-state index >= 15 is 0 Å². The third-order valence-electron chi connectivity index (χ3n) is 5.67. The van der Waals surface area contributed by atoms with Crippen LogP contribution in [0.4, 0.5) is 19.2 Å². The third kappa shape index (κ3) is 11.8. The van der Waals surface area contributed by atoms with E-state index in [9.17, 15) is 33.9 Å². The first-order chi connectivity index (χ1) is 19.6. The van der Waals surface area contributed by atoms with Crippen LogP contribution < -0.4 is 0 Å². The zero-order chi connectivity index (χ0) is 33.5. The summed E-state index contributed by atoms with van der Waals surface area (Å²) in [6.45, 7) is 20.5. The van der Waals surface area contributed by atoms with Gasteiger partial charge in [0.25, 0.3) is 0 Å². The van der Waals surface area contributed by atoms with Crippen molar-refractivity contribution >= 4 is 36.3 Å². The Bertz CT molecular complexity index is 1040. The number of carbonyl (C=O) groups excluding carboxylic acids is 5. The minimum absolute atomic E-state index is 0.0745. The summed E-state index contributed by atoms with van der Waals surface area (Å²) in [6.07, 6.45) is -2.40. The molecule has 3 aliphatic rings. The molecular weight excluding hydrogens is 568 g/mol. The van der Waals surface area contributed by atoms with Crippen LogP contribution in [0.15, 0.2) is 0 Å². The zero-order valence-electron chi connectivity index (χ0n) is 27.2. The second-order valence-corrected chi connectivity index (χ2v) is 12.8. The van der Waals surface area contributed by atoms with E-state index in [1.165, 1.54) is 14.7 Å². The number of carboxylic acid groups (broad SMARTS) is 1. The van der Waals surface area contributed by atoms with Gasteiger partial charge < -0.3 is 33.9 Å². The van der Waals surface area contributed by atoms with Crippen molar-refractivity contribution in [1.82, 2.24) is 19.6 Å². The number of carboxylic acids is 1. The number of piperazine rings is 2. The van der Waals surface area contributed by atoms with E-state index in [-0.39, 0.29) is 32.7 Å². The molecule has 3 rings (SSSR count). The molecule has 15 heteroatoms. The van der Waals surface area contributed by atoms with Crippen molar-refractivity contribution in [2.75, 3.05) is 39.3 Å². The average Bonchev–Trinajstić information content (AvgIpc) is 3.14. The van der Waals surface area contributed by atoms with Gasteiger partial charge in [-0.1, -0.05) is 13.8 Å². The van der Waals surface area contributed by atoms with Gasteiger partial charge in [0, 0.05) is 26.2 Å². The molecule has 2 unspecified atom stereocenters. The Morgan fingerprint density at radius 3 is 1.56 bits per heavy atom. The second-order valence-electron chi connectivity index (χ2n) is 12.8. The summed E-state index contributed by atoms with van der Waals surface area (Å²) in [4.78, 5) is 75.4. The fourth-order valence-corrected chi connectivity index (χ4v) is 3.93. The van der Waals surface area contributed by atoms with Crippen LogP contribution in [0.1, 0.15) is 76.2 Å². The lowest BCUT2D eigenvalue weighted by atomic mass is 10.1. The van der Waals surface area contributed by atoms with Gasteiger partial charge in [0.05, 0.1) is 13.1 Å². The molecular formula is C28H48N4O11. The fourth-order valence-electron chi connectivity index (χ4n) is 3.93. The minimum Gasteiger partial charge on any atom is -0.480 e. The average molecular weight is 617 g/mol. The Kier molecular flexibility index (Phi) is 12.6. The number of rotatable bonds is 1. The molecule has 4 amide bonds. The van der Waals surface area contributed by atoms with Gasteiger partial charge in [0.1, 0.15) is 16.8 Å². The van der Waals surface area contributed by atoms with Gasteiger partial charge in [0.15, 0.2) is 12.1 Å². The van der Waals surface area contributed by atoms with Gasteiger partial charge in [-0.15, -0.1) is 0 Å². The molecule has 15 nitrogen and oxygen atoms in total. The Hall–Kier alpha value is -3.78. The van der Waals surface area contributed by atoms with Crippen LogP contribution >= 0.6 is 0 Å². The van der Waals surface area contributed by atoms with Crippen molar-refractivity contribution in [3.8, 4) is 0 Å². The summed E-state index contributed by atoms with van der Waals surface area (Å²) >= 11 is 0. The SMILES string of the molecule is CC.CC(C)(C)OC(=O)N1CCN(C(=O)OC(C)(C)C)C(C(=O)O)C1.CC(C)(C)OC(=O)N1CCN2C(=O)OC(=O)C2C1. The molecule has 3 fully saturated rings. The summed E-state index contributed by atoms with van der Waals surface area (Å²) in [5, 5.41) is 9.36. The number of carbonyl (C=O) groups is 6. The number of hydrogen-bond donors (Lipinski definition) is 1. The summed E-state index contributed by atoms with van der Waals surface area (Å²) in [6, 6.07) is -1.86. The van der Waals surface area contributed by atoms with Crippen LogP contribution in [0, 0.1) is 0 Å². The van der Waals surface area contributed by atoms with Crippen LogP contribution in [0.2, 0.25) is 0 Å². The van der Waals surface area contributed by atoms with Crippen molar-refractivity contribution in [3.05, 3.63) is 0 Å². The Morgan fingerprint density at radius 1 is 0.698 bits per heavy atom. The van der Waals surface area contributed by atoms with E-state index in [0.717, 1.165) is 4.90 Å². The number of aliphatic carboxylic acids is 1. The van der Waals surface area contributed by atoms with Crippen molar-refractivity contribution < 1.29 is 52.8 Å². The normalized spacial score (nSPS) is 20.4. The molecule has 0 aromatic rings. The van der Waals surface area contributed by atoms with Gasteiger partial charge >= 0.3 is 36.3 Å². The van der Waals surface area contributed by atoms with E-state index in [0.29, 0.717) is 6.54 Å². The number of hydrogen-bond acceptors (Lipinski definition) is 10. The number of esters is 1. The summed E-state index contributed by atoms with van der Waals surface area (Å²) in [5.74, 6) is -1.79. The zero-order valence-corrected chi connectivity index (χ0v) is 27.2. The molecule has 3 aliphatic heterocycles. The summed E-state index contributed by atoms with van der Waals surface area (Å²) < 4.78 is 20.2. The standard InChI is InChI=1S/C15H26N2O6.C11H16N2O5.C2H6/c1-14(2,3)22-12(20)16-7-8-17(10(9-16)11(18)19)13(21)23-15(4,5)6;1-11(2,3)18-9(15)12-4-5-13-7(6-12)8(14)17-10(13)16;1-2/h10H,7-9H2,1-6H3,(H,18,19);7H,4-6H2,1-3H3;1-2H3. The molecule has 0 spiro atoms. The van der Waals surface area contributed by atoms with Gasteiger partial charge in [-0.25, -0.2) is 28.8 Å². The molecule has 0 bridgehead atoms. The number of cyclic esters (lactones) is 2. The van der Waals surface area contributed by atoms with Gasteiger partial charge in [-0.2, -0.15) is 0 Å². The lowest BCUT2D eigenvalue weighted by molar-refractivity contribution is -0.145. The quantitative estimate of drug-likeness (QED) is 0.259. The molecule has 1 N–H and O–H groups in total. The highest BCUT2D eigenvalue weighted by atomic mass is 16.6. The lowest BCUT2D eigenvalue weighted by Crippen LogP contribution is -2.60. The maximum absolute atomic E-state index is 12.1. The number of ether oxygens (including phenoxy) is 4. The van der Waals surface area contributed by atoms with Crippen molar-refractivity contribution in [2.24, 2.45) is 0 Å². The minimum atomic E-state index is -1.19. The number of fused-ring (bicyclic) bond motifs is 1. The Morgan fingerprint density at radius 2 is 1.12 bits per heavy atom. The molecule has 2 atom stereocenters. The van der Waals surface area contributed by atoms with E-state index in [1.54, 1.807) is 62.3 Å². The second kappa shape index (κ2) is 14.6. The predicted molar refractivity (Wildman–Crippen MR) is 153 cm³/mol. The van der Waals surface area contributed by atoms with Crippen molar-refractivity contribution in [2.45, 2.75) is 105 Å². The Balaban J connectivity index is 0.000000416. The summed E-state index contributed by atoms with van der Waals surface area (Å²) in [5.41, 5.74) is -1.97. The molecule has 3 heterocycles. The maximum atomic E-state index is 12.1. The van der Waals surface area contributed by atoms with E-state index in [2.05, 4.69) is 4.74 Å². The first kappa shape index (κ1) is 37.2. The van der Waals surface area contributed by atoms with Crippen LogP contribution in [0.3, 0.4) is 0 Å². The largest absolute Gasteiger partial charge is 0.480 e. The number of amides is 4. The molecule has 0 aromatic heterocycles. The van der Waals surface area contributed by atoms with Crippen LogP contribution in [0.25, 0.3) is 0 Å². The highest BCUT2D eigenvalue weighted by Gasteiger charge is 2.46. The maximum Gasteiger partial charge on any atom is 0.418 e. The predicted octanol–water partition coefficient (Wildman–Crippen LogP) is 3.54. The smallest absolute Gasteiger partial charge is 0.418 e. The van der Waals surface area contributed by atoms with Crippen LogP contribution in [0.5, 0.6) is 0 Å².